The summed E-state index contributed by atoms with van der Waals surface area (Å²) in [4.78, 5) is 15.9. The van der Waals surface area contributed by atoms with Crippen LogP contribution in [-0.4, -0.2) is 52.7 Å². The predicted octanol–water partition coefficient (Wildman–Crippen LogP) is 3.59. The molecular formula is C20H23N5O2S2. The first-order chi connectivity index (χ1) is 14.3. The standard InChI is InChI=1S/C20H23N5O2S2/c1-2-25-19(17-8-5-13-28-17)22-23-20(25)29-14-18(26)21-15-6-3-4-7-16(15)24-9-11-27-12-10-24/h3-8,13H,2,9-12,14H2,1H3,(H,21,26). The Morgan fingerprint density at radius 2 is 2.03 bits per heavy atom. The number of nitrogens with one attached hydrogen (secondary N) is 1. The van der Waals surface area contributed by atoms with E-state index < -0.39 is 0 Å². The highest BCUT2D eigenvalue weighted by Gasteiger charge is 2.18. The summed E-state index contributed by atoms with van der Waals surface area (Å²) in [6, 6.07) is 11.9. The van der Waals surface area contributed by atoms with Crippen molar-refractivity contribution in [3.8, 4) is 10.7 Å². The molecule has 1 aliphatic heterocycles. The van der Waals surface area contributed by atoms with E-state index in [9.17, 15) is 4.79 Å². The van der Waals surface area contributed by atoms with Crippen LogP contribution in [0.25, 0.3) is 10.7 Å². The minimum Gasteiger partial charge on any atom is -0.378 e. The number of thiophene rings is 1. The zero-order chi connectivity index (χ0) is 20.1. The number of rotatable bonds is 7. The van der Waals surface area contributed by atoms with Gasteiger partial charge >= 0.3 is 0 Å². The molecule has 1 saturated heterocycles. The number of carbonyl (C=O) groups excluding carboxylic acids is 1. The number of hydrogen-bond acceptors (Lipinski definition) is 7. The summed E-state index contributed by atoms with van der Waals surface area (Å²) >= 11 is 3.04. The van der Waals surface area contributed by atoms with Crippen LogP contribution >= 0.6 is 23.1 Å². The Morgan fingerprint density at radius 1 is 1.21 bits per heavy atom. The molecule has 152 valence electrons. The average Bonchev–Trinajstić information content (AvgIpc) is 3.42. The van der Waals surface area contributed by atoms with Crippen LogP contribution in [0.5, 0.6) is 0 Å². The summed E-state index contributed by atoms with van der Waals surface area (Å²) in [6.07, 6.45) is 0. The van der Waals surface area contributed by atoms with Gasteiger partial charge in [-0.15, -0.1) is 21.5 Å². The van der Waals surface area contributed by atoms with Crippen molar-refractivity contribution in [2.75, 3.05) is 42.3 Å². The van der Waals surface area contributed by atoms with Crippen LogP contribution in [0.1, 0.15) is 6.92 Å². The highest BCUT2D eigenvalue weighted by Crippen LogP contribution is 2.29. The van der Waals surface area contributed by atoms with E-state index in [0.29, 0.717) is 13.2 Å². The Balaban J connectivity index is 1.41. The van der Waals surface area contributed by atoms with Crippen molar-refractivity contribution in [2.24, 2.45) is 0 Å². The number of thioether (sulfide) groups is 1. The molecule has 7 nitrogen and oxygen atoms in total. The van der Waals surface area contributed by atoms with Crippen LogP contribution in [0, 0.1) is 0 Å². The smallest absolute Gasteiger partial charge is 0.234 e. The maximum atomic E-state index is 12.6. The number of benzene rings is 1. The van der Waals surface area contributed by atoms with E-state index in [1.807, 2.05) is 46.3 Å². The van der Waals surface area contributed by atoms with Crippen LogP contribution in [0.4, 0.5) is 11.4 Å². The molecule has 0 bridgehead atoms. The molecule has 9 heteroatoms. The van der Waals surface area contributed by atoms with Gasteiger partial charge in [-0.25, -0.2) is 0 Å². The average molecular weight is 430 g/mol. The number of ether oxygens (including phenoxy) is 1. The third-order valence-electron chi connectivity index (χ3n) is 4.64. The van der Waals surface area contributed by atoms with E-state index in [1.54, 1.807) is 11.3 Å². The fraction of sp³-hybridized carbons (Fsp3) is 0.350. The minimum atomic E-state index is -0.0564. The summed E-state index contributed by atoms with van der Waals surface area (Å²) in [6.45, 7) is 5.88. The van der Waals surface area contributed by atoms with Crippen molar-refractivity contribution < 1.29 is 9.53 Å². The Kier molecular flexibility index (Phi) is 6.48. The highest BCUT2D eigenvalue weighted by atomic mass is 32.2. The Bertz CT molecular complexity index is 952. The molecule has 0 saturated carbocycles. The molecule has 1 amide bonds. The van der Waals surface area contributed by atoms with Crippen LogP contribution < -0.4 is 10.2 Å². The molecule has 0 spiro atoms. The fourth-order valence-corrected chi connectivity index (χ4v) is 4.76. The van der Waals surface area contributed by atoms with Crippen molar-refractivity contribution in [2.45, 2.75) is 18.6 Å². The van der Waals surface area contributed by atoms with Gasteiger partial charge in [0.05, 0.1) is 35.2 Å². The molecule has 1 aliphatic rings. The molecule has 0 aliphatic carbocycles. The van der Waals surface area contributed by atoms with Gasteiger partial charge in [0.2, 0.25) is 5.91 Å². The van der Waals surface area contributed by atoms with Gasteiger partial charge in [0.25, 0.3) is 0 Å². The number of nitrogens with zero attached hydrogens (tertiary/aromatic N) is 4. The van der Waals surface area contributed by atoms with Gasteiger partial charge in [-0.05, 0) is 30.5 Å². The minimum absolute atomic E-state index is 0.0564. The maximum absolute atomic E-state index is 12.6. The molecule has 3 aromatic rings. The van der Waals surface area contributed by atoms with Crippen LogP contribution in [-0.2, 0) is 16.1 Å². The number of hydrogen-bond donors (Lipinski definition) is 1. The zero-order valence-electron chi connectivity index (χ0n) is 16.2. The quantitative estimate of drug-likeness (QED) is 0.579. The monoisotopic (exact) mass is 429 g/mol. The van der Waals surface area contributed by atoms with Crippen molar-refractivity contribution in [1.29, 1.82) is 0 Å². The van der Waals surface area contributed by atoms with Gasteiger partial charge in [-0.2, -0.15) is 0 Å². The van der Waals surface area contributed by atoms with Crippen LogP contribution in [0.15, 0.2) is 46.9 Å². The first-order valence-corrected chi connectivity index (χ1v) is 11.4. The second-order valence-electron chi connectivity index (χ2n) is 6.48. The molecule has 1 N–H and O–H groups in total. The zero-order valence-corrected chi connectivity index (χ0v) is 17.8. The van der Waals surface area contributed by atoms with E-state index in [4.69, 9.17) is 4.74 Å². The van der Waals surface area contributed by atoms with Gasteiger partial charge in [0.1, 0.15) is 0 Å². The second kappa shape index (κ2) is 9.43. The molecule has 1 aromatic carbocycles. The summed E-state index contributed by atoms with van der Waals surface area (Å²) in [5, 5.41) is 14.4. The molecular weight excluding hydrogens is 406 g/mol. The third-order valence-corrected chi connectivity index (χ3v) is 6.47. The topological polar surface area (TPSA) is 72.3 Å². The van der Waals surface area contributed by atoms with Gasteiger partial charge in [-0.3, -0.25) is 4.79 Å². The Morgan fingerprint density at radius 3 is 2.79 bits per heavy atom. The maximum Gasteiger partial charge on any atom is 0.234 e. The largest absolute Gasteiger partial charge is 0.378 e. The van der Waals surface area contributed by atoms with Crippen LogP contribution in [0.3, 0.4) is 0 Å². The number of anilines is 2. The molecule has 4 rings (SSSR count). The first kappa shape index (κ1) is 19.9. The number of morpholine rings is 1. The van der Waals surface area contributed by atoms with Crippen LogP contribution in [0.2, 0.25) is 0 Å². The number of aromatic nitrogens is 3. The fourth-order valence-electron chi connectivity index (χ4n) is 3.24. The lowest BCUT2D eigenvalue weighted by Crippen LogP contribution is -2.36. The third kappa shape index (κ3) is 4.63. The van der Waals surface area contributed by atoms with E-state index in [2.05, 4.69) is 27.3 Å². The van der Waals surface area contributed by atoms with E-state index in [1.165, 1.54) is 11.8 Å². The molecule has 2 aromatic heterocycles. The highest BCUT2D eigenvalue weighted by molar-refractivity contribution is 7.99. The molecule has 1 fully saturated rings. The Labute approximate surface area is 178 Å². The van der Waals surface area contributed by atoms with E-state index in [0.717, 1.165) is 46.9 Å². The summed E-state index contributed by atoms with van der Waals surface area (Å²) in [5.74, 6) is 1.07. The first-order valence-electron chi connectivity index (χ1n) is 9.57. The van der Waals surface area contributed by atoms with Crippen molar-refractivity contribution >= 4 is 40.4 Å². The molecule has 3 heterocycles. The van der Waals surface area contributed by atoms with Crippen molar-refractivity contribution in [1.82, 2.24) is 14.8 Å². The summed E-state index contributed by atoms with van der Waals surface area (Å²) < 4.78 is 7.48. The van der Waals surface area contributed by atoms with E-state index >= 15 is 0 Å². The lowest BCUT2D eigenvalue weighted by atomic mass is 10.2. The number of amides is 1. The lowest BCUT2D eigenvalue weighted by molar-refractivity contribution is -0.113. The SMILES string of the molecule is CCn1c(SCC(=O)Nc2ccccc2N2CCOCC2)nnc1-c1cccs1. The van der Waals surface area contributed by atoms with Gasteiger partial charge in [0.15, 0.2) is 11.0 Å². The van der Waals surface area contributed by atoms with Crippen molar-refractivity contribution in [3.05, 3.63) is 41.8 Å². The van der Waals surface area contributed by atoms with E-state index in [-0.39, 0.29) is 11.7 Å². The van der Waals surface area contributed by atoms with Gasteiger partial charge < -0.3 is 19.5 Å². The Hall–Kier alpha value is -2.36. The molecule has 29 heavy (non-hydrogen) atoms. The van der Waals surface area contributed by atoms with Gasteiger partial charge in [0, 0.05) is 19.6 Å². The summed E-state index contributed by atoms with van der Waals surface area (Å²) in [5.41, 5.74) is 1.86. The number of carbonyl (C=O) groups is 1. The molecule has 0 radical (unpaired) electrons. The lowest BCUT2D eigenvalue weighted by Gasteiger charge is -2.30. The number of para-hydroxylation sites is 2. The predicted molar refractivity (Wildman–Crippen MR) is 118 cm³/mol. The van der Waals surface area contributed by atoms with Gasteiger partial charge in [-0.1, -0.05) is 30.0 Å². The summed E-state index contributed by atoms with van der Waals surface area (Å²) in [7, 11) is 0. The normalized spacial score (nSPS) is 14.2. The second-order valence-corrected chi connectivity index (χ2v) is 8.37. The molecule has 0 atom stereocenters. The molecule has 0 unspecified atom stereocenters. The van der Waals surface area contributed by atoms with Crippen molar-refractivity contribution in [3.63, 3.8) is 0 Å².